The average Bonchev–Trinajstić information content (AvgIpc) is 2.97. The van der Waals surface area contributed by atoms with Gasteiger partial charge in [0.25, 0.3) is 0 Å². The number of fused-ring (bicyclic) bond motifs is 1. The van der Waals surface area contributed by atoms with Crippen molar-refractivity contribution < 1.29 is 9.47 Å². The maximum atomic E-state index is 5.94. The first-order valence-corrected chi connectivity index (χ1v) is 7.04. The van der Waals surface area contributed by atoms with Gasteiger partial charge in [0.05, 0.1) is 11.4 Å². The van der Waals surface area contributed by atoms with Crippen LogP contribution >= 0.6 is 0 Å². The summed E-state index contributed by atoms with van der Waals surface area (Å²) in [5.41, 5.74) is 9.54. The van der Waals surface area contributed by atoms with Gasteiger partial charge < -0.3 is 15.2 Å². The van der Waals surface area contributed by atoms with Gasteiger partial charge in [0.1, 0.15) is 25.4 Å². The highest BCUT2D eigenvalue weighted by Crippen LogP contribution is 2.38. The summed E-state index contributed by atoms with van der Waals surface area (Å²) in [4.78, 5) is 12.7. The number of rotatable bonds is 2. The van der Waals surface area contributed by atoms with E-state index in [1.54, 1.807) is 6.20 Å². The normalized spacial score (nSPS) is 16.6. The Morgan fingerprint density at radius 3 is 2.73 bits per heavy atom. The molecule has 6 nitrogen and oxygen atoms in total. The lowest BCUT2D eigenvalue weighted by atomic mass is 10.00. The summed E-state index contributed by atoms with van der Waals surface area (Å²) in [5.74, 6) is 2.10. The molecule has 1 aromatic carbocycles. The van der Waals surface area contributed by atoms with Crippen molar-refractivity contribution in [3.05, 3.63) is 48.0 Å². The number of aliphatic imine (C=N–C) groups is 1. The van der Waals surface area contributed by atoms with Crippen molar-refractivity contribution in [3.63, 3.8) is 0 Å². The van der Waals surface area contributed by atoms with Crippen LogP contribution in [0.2, 0.25) is 0 Å². The summed E-state index contributed by atoms with van der Waals surface area (Å²) in [7, 11) is 0. The van der Waals surface area contributed by atoms with E-state index in [0.717, 1.165) is 34.0 Å². The molecule has 2 N–H and O–H groups in total. The van der Waals surface area contributed by atoms with E-state index in [1.165, 1.54) is 6.33 Å². The van der Waals surface area contributed by atoms with Gasteiger partial charge in [0.15, 0.2) is 11.5 Å². The highest BCUT2D eigenvalue weighted by molar-refractivity contribution is 6.08. The highest BCUT2D eigenvalue weighted by Gasteiger charge is 2.22. The van der Waals surface area contributed by atoms with Gasteiger partial charge in [-0.25, -0.2) is 15.0 Å². The summed E-state index contributed by atoms with van der Waals surface area (Å²) < 4.78 is 11.2. The van der Waals surface area contributed by atoms with Crippen LogP contribution in [0.4, 0.5) is 0 Å². The molecule has 2 aromatic rings. The zero-order valence-corrected chi connectivity index (χ0v) is 11.8. The van der Waals surface area contributed by atoms with Crippen LogP contribution in [-0.4, -0.2) is 29.0 Å². The Labute approximate surface area is 127 Å². The predicted octanol–water partition coefficient (Wildman–Crippen LogP) is 1.88. The molecule has 2 aliphatic heterocycles. The Balaban J connectivity index is 1.80. The number of nitrogens with zero attached hydrogens (tertiary/aromatic N) is 3. The number of nitrogens with two attached hydrogens (primary N) is 1. The first-order valence-electron chi connectivity index (χ1n) is 7.04. The molecular weight excluding hydrogens is 280 g/mol. The van der Waals surface area contributed by atoms with E-state index in [0.29, 0.717) is 25.5 Å². The van der Waals surface area contributed by atoms with Crippen LogP contribution in [0.15, 0.2) is 41.8 Å². The quantitative estimate of drug-likeness (QED) is 0.914. The number of aromatic nitrogens is 2. The fourth-order valence-corrected chi connectivity index (χ4v) is 2.63. The predicted molar refractivity (Wildman–Crippen MR) is 82.5 cm³/mol. The Kier molecular flexibility index (Phi) is 3.00. The van der Waals surface area contributed by atoms with Gasteiger partial charge in [-0.05, 0) is 29.3 Å². The van der Waals surface area contributed by atoms with Crippen LogP contribution in [0.25, 0.3) is 11.3 Å². The van der Waals surface area contributed by atoms with Crippen LogP contribution in [0.1, 0.15) is 17.7 Å². The average molecular weight is 294 g/mol. The number of ether oxygens (including phenoxy) is 2. The van der Waals surface area contributed by atoms with E-state index in [9.17, 15) is 0 Å². The standard InChI is InChI=1S/C16H14N4O2/c17-15-8-11(16(20-15)12-3-4-18-9-19-12)10-1-2-13-14(7-10)22-6-5-21-13/h1-4,7,9H,5-6,8H2,(H2,17,20). The second-order valence-electron chi connectivity index (χ2n) is 5.06. The molecule has 3 heterocycles. The summed E-state index contributed by atoms with van der Waals surface area (Å²) in [6.07, 6.45) is 3.80. The third-order valence-corrected chi connectivity index (χ3v) is 3.61. The van der Waals surface area contributed by atoms with Gasteiger partial charge in [-0.3, -0.25) is 0 Å². The Bertz CT molecular complexity index is 784. The van der Waals surface area contributed by atoms with Gasteiger partial charge in [-0.2, -0.15) is 0 Å². The highest BCUT2D eigenvalue weighted by atomic mass is 16.6. The van der Waals surface area contributed by atoms with Crippen molar-refractivity contribution in [2.24, 2.45) is 10.7 Å². The third-order valence-electron chi connectivity index (χ3n) is 3.61. The first-order chi connectivity index (χ1) is 10.8. The minimum Gasteiger partial charge on any atom is -0.486 e. The van der Waals surface area contributed by atoms with Gasteiger partial charge in [-0.1, -0.05) is 6.07 Å². The van der Waals surface area contributed by atoms with Crippen molar-refractivity contribution in [2.75, 3.05) is 13.2 Å². The lowest BCUT2D eigenvalue weighted by molar-refractivity contribution is 0.171. The zero-order valence-electron chi connectivity index (χ0n) is 11.8. The molecule has 0 atom stereocenters. The molecule has 0 saturated carbocycles. The summed E-state index contributed by atoms with van der Waals surface area (Å²) >= 11 is 0. The molecule has 1 aromatic heterocycles. The molecule has 0 unspecified atom stereocenters. The first kappa shape index (κ1) is 12.8. The van der Waals surface area contributed by atoms with Crippen molar-refractivity contribution in [3.8, 4) is 11.5 Å². The van der Waals surface area contributed by atoms with Crippen molar-refractivity contribution in [1.29, 1.82) is 0 Å². The minimum atomic E-state index is 0.562. The molecule has 110 valence electrons. The smallest absolute Gasteiger partial charge is 0.161 e. The maximum absolute atomic E-state index is 5.94. The maximum Gasteiger partial charge on any atom is 0.161 e. The third kappa shape index (κ3) is 2.18. The molecule has 0 spiro atoms. The van der Waals surface area contributed by atoms with E-state index in [1.807, 2.05) is 24.3 Å². The zero-order chi connectivity index (χ0) is 14.9. The topological polar surface area (TPSA) is 82.6 Å². The molecule has 22 heavy (non-hydrogen) atoms. The van der Waals surface area contributed by atoms with Gasteiger partial charge in [0.2, 0.25) is 0 Å². The Morgan fingerprint density at radius 1 is 1.05 bits per heavy atom. The van der Waals surface area contributed by atoms with E-state index < -0.39 is 0 Å². The molecule has 4 rings (SSSR count). The fraction of sp³-hybridized carbons (Fsp3) is 0.188. The van der Waals surface area contributed by atoms with Crippen LogP contribution in [0.3, 0.4) is 0 Å². The van der Waals surface area contributed by atoms with Gasteiger partial charge in [0, 0.05) is 12.6 Å². The van der Waals surface area contributed by atoms with E-state index >= 15 is 0 Å². The Hall–Kier alpha value is -2.89. The SMILES string of the molecule is NC1=NC(c2ccncn2)=C(c2ccc3c(c2)OCCO3)C1. The Morgan fingerprint density at radius 2 is 1.91 bits per heavy atom. The van der Waals surface area contributed by atoms with Crippen molar-refractivity contribution in [1.82, 2.24) is 9.97 Å². The number of benzene rings is 1. The molecule has 0 fully saturated rings. The molecule has 0 radical (unpaired) electrons. The second-order valence-corrected chi connectivity index (χ2v) is 5.06. The van der Waals surface area contributed by atoms with Crippen molar-refractivity contribution in [2.45, 2.75) is 6.42 Å². The molecular formula is C16H14N4O2. The molecule has 0 bridgehead atoms. The van der Waals surface area contributed by atoms with Crippen molar-refractivity contribution >= 4 is 17.1 Å². The molecule has 0 saturated heterocycles. The fourth-order valence-electron chi connectivity index (χ4n) is 2.63. The van der Waals surface area contributed by atoms with Crippen LogP contribution in [0, 0.1) is 0 Å². The number of amidine groups is 1. The summed E-state index contributed by atoms with van der Waals surface area (Å²) in [6, 6.07) is 7.72. The lowest BCUT2D eigenvalue weighted by Gasteiger charge is -2.19. The van der Waals surface area contributed by atoms with E-state index in [4.69, 9.17) is 15.2 Å². The van der Waals surface area contributed by atoms with Crippen LogP contribution in [-0.2, 0) is 0 Å². The van der Waals surface area contributed by atoms with Gasteiger partial charge in [-0.15, -0.1) is 0 Å². The van der Waals surface area contributed by atoms with Crippen LogP contribution < -0.4 is 15.2 Å². The lowest BCUT2D eigenvalue weighted by Crippen LogP contribution is -2.15. The second kappa shape index (κ2) is 5.14. The molecule has 0 aliphatic carbocycles. The molecule has 0 amide bonds. The van der Waals surface area contributed by atoms with E-state index in [2.05, 4.69) is 15.0 Å². The van der Waals surface area contributed by atoms with Crippen LogP contribution in [0.5, 0.6) is 11.5 Å². The van der Waals surface area contributed by atoms with E-state index in [-0.39, 0.29) is 0 Å². The largest absolute Gasteiger partial charge is 0.486 e. The number of hydrogen-bond acceptors (Lipinski definition) is 6. The molecule has 2 aliphatic rings. The monoisotopic (exact) mass is 294 g/mol. The summed E-state index contributed by atoms with van der Waals surface area (Å²) in [5, 5.41) is 0. The summed E-state index contributed by atoms with van der Waals surface area (Å²) in [6.45, 7) is 1.14. The number of hydrogen-bond donors (Lipinski definition) is 1. The van der Waals surface area contributed by atoms with Gasteiger partial charge >= 0.3 is 0 Å². The minimum absolute atomic E-state index is 0.562. The molecule has 6 heteroatoms.